The first-order valence-electron chi connectivity index (χ1n) is 9.98. The summed E-state index contributed by atoms with van der Waals surface area (Å²) in [5.41, 5.74) is 2.70. The maximum Gasteiger partial charge on any atom is 0.270 e. The number of hydrogen-bond acceptors (Lipinski definition) is 5. The number of nitro groups is 1. The molecule has 0 N–H and O–H groups in total. The van der Waals surface area contributed by atoms with Crippen molar-refractivity contribution in [3.8, 4) is 12.1 Å². The van der Waals surface area contributed by atoms with Crippen molar-refractivity contribution >= 4 is 28.4 Å². The molecule has 3 aromatic carbocycles. The summed E-state index contributed by atoms with van der Waals surface area (Å²) in [5.74, 6) is -0.590. The van der Waals surface area contributed by atoms with Gasteiger partial charge in [0.25, 0.3) is 5.69 Å². The molecular formula is C26H16N4O3. The van der Waals surface area contributed by atoms with Gasteiger partial charge in [0, 0.05) is 46.9 Å². The Kier molecular flexibility index (Phi) is 5.79. The van der Waals surface area contributed by atoms with Crippen molar-refractivity contribution in [2.24, 2.45) is 0 Å². The van der Waals surface area contributed by atoms with Crippen molar-refractivity contribution in [1.82, 2.24) is 4.57 Å². The van der Waals surface area contributed by atoms with Gasteiger partial charge in [-0.05, 0) is 23.8 Å². The number of nitro benzene ring substituents is 1. The lowest BCUT2D eigenvalue weighted by atomic mass is 10.0. The molecule has 0 saturated heterocycles. The number of nitriles is 2. The van der Waals surface area contributed by atoms with Gasteiger partial charge < -0.3 is 4.57 Å². The van der Waals surface area contributed by atoms with Gasteiger partial charge in [0.1, 0.15) is 11.6 Å². The molecule has 0 spiro atoms. The summed E-state index contributed by atoms with van der Waals surface area (Å²) in [6.45, 7) is 0.443. The van der Waals surface area contributed by atoms with Gasteiger partial charge in [-0.2, -0.15) is 10.5 Å². The lowest BCUT2D eigenvalue weighted by Gasteiger charge is -2.07. The van der Waals surface area contributed by atoms with Crippen LogP contribution in [0.1, 0.15) is 27.0 Å². The molecule has 0 unspecified atom stereocenters. The zero-order chi connectivity index (χ0) is 23.4. The van der Waals surface area contributed by atoms with E-state index in [1.807, 2.05) is 59.3 Å². The number of allylic oxidation sites excluding steroid dienone is 1. The molecule has 0 bridgehead atoms. The van der Waals surface area contributed by atoms with E-state index in [0.717, 1.165) is 22.5 Å². The number of Topliss-reactive ketones (excluding diaryl/α,β-unsaturated/α-hetero) is 1. The number of non-ortho nitro benzene ring substituents is 1. The number of para-hydroxylation sites is 1. The average Bonchev–Trinajstić information content (AvgIpc) is 3.19. The van der Waals surface area contributed by atoms with Crippen LogP contribution in [0.4, 0.5) is 5.69 Å². The molecule has 0 saturated carbocycles. The molecular weight excluding hydrogens is 416 g/mol. The quantitative estimate of drug-likeness (QED) is 0.136. The van der Waals surface area contributed by atoms with Crippen LogP contribution in [0, 0.1) is 32.8 Å². The lowest BCUT2D eigenvalue weighted by molar-refractivity contribution is -0.384. The number of aromatic nitrogens is 1. The van der Waals surface area contributed by atoms with E-state index in [9.17, 15) is 25.4 Å². The molecule has 158 valence electrons. The number of rotatable bonds is 6. The largest absolute Gasteiger partial charge is 0.342 e. The van der Waals surface area contributed by atoms with Crippen molar-refractivity contribution in [3.63, 3.8) is 0 Å². The van der Waals surface area contributed by atoms with Gasteiger partial charge in [-0.25, -0.2) is 0 Å². The molecule has 0 radical (unpaired) electrons. The predicted molar refractivity (Wildman–Crippen MR) is 123 cm³/mol. The number of hydrogen-bond donors (Lipinski definition) is 0. The maximum atomic E-state index is 12.9. The van der Waals surface area contributed by atoms with E-state index in [-0.39, 0.29) is 16.8 Å². The zero-order valence-corrected chi connectivity index (χ0v) is 17.3. The molecule has 0 aliphatic rings. The summed E-state index contributed by atoms with van der Waals surface area (Å²) in [4.78, 5) is 23.4. The van der Waals surface area contributed by atoms with E-state index in [1.165, 1.54) is 24.3 Å². The first-order valence-corrected chi connectivity index (χ1v) is 9.98. The highest BCUT2D eigenvalue weighted by molar-refractivity contribution is 6.15. The maximum absolute atomic E-state index is 12.9. The van der Waals surface area contributed by atoms with E-state index < -0.39 is 10.7 Å². The van der Waals surface area contributed by atoms with Crippen LogP contribution >= 0.6 is 0 Å². The van der Waals surface area contributed by atoms with Crippen molar-refractivity contribution < 1.29 is 9.72 Å². The Hall–Kier alpha value is -5.01. The molecule has 0 aliphatic carbocycles. The molecule has 4 aromatic rings. The molecule has 7 heteroatoms. The summed E-state index contributed by atoms with van der Waals surface area (Å²) in [5, 5.41) is 31.0. The fourth-order valence-corrected chi connectivity index (χ4v) is 3.69. The van der Waals surface area contributed by atoms with Crippen LogP contribution in [0.3, 0.4) is 0 Å². The molecule has 1 aromatic heterocycles. The molecule has 7 nitrogen and oxygen atoms in total. The second-order valence-electron chi connectivity index (χ2n) is 7.30. The topological polar surface area (TPSA) is 113 Å². The minimum absolute atomic E-state index is 0.0729. The van der Waals surface area contributed by atoms with E-state index in [2.05, 4.69) is 6.07 Å². The summed E-state index contributed by atoms with van der Waals surface area (Å²) < 4.78 is 1.96. The molecule has 1 heterocycles. The van der Waals surface area contributed by atoms with Gasteiger partial charge in [0.15, 0.2) is 0 Å². The third-order valence-corrected chi connectivity index (χ3v) is 5.28. The lowest BCUT2D eigenvalue weighted by Crippen LogP contribution is -2.03. The van der Waals surface area contributed by atoms with E-state index >= 15 is 0 Å². The minimum Gasteiger partial charge on any atom is -0.342 e. The molecule has 33 heavy (non-hydrogen) atoms. The normalized spacial score (nSPS) is 11.0. The highest BCUT2D eigenvalue weighted by Crippen LogP contribution is 2.26. The predicted octanol–water partition coefficient (Wildman–Crippen LogP) is 5.26. The van der Waals surface area contributed by atoms with Crippen LogP contribution in [0.25, 0.3) is 17.0 Å². The fraction of sp³-hybridized carbons (Fsp3) is 0.0385. The second-order valence-corrected chi connectivity index (χ2v) is 7.30. The third-order valence-electron chi connectivity index (χ3n) is 5.28. The first-order chi connectivity index (χ1) is 16.0. The molecule has 0 aliphatic heterocycles. The van der Waals surface area contributed by atoms with Crippen LogP contribution in [-0.4, -0.2) is 15.3 Å². The van der Waals surface area contributed by atoms with Gasteiger partial charge >= 0.3 is 0 Å². The van der Waals surface area contributed by atoms with Gasteiger partial charge in [0.2, 0.25) is 5.78 Å². The van der Waals surface area contributed by atoms with Crippen LogP contribution in [0.2, 0.25) is 0 Å². The van der Waals surface area contributed by atoms with Crippen LogP contribution in [-0.2, 0) is 6.54 Å². The summed E-state index contributed by atoms with van der Waals surface area (Å²) in [6, 6.07) is 24.3. The Morgan fingerprint density at radius 2 is 1.79 bits per heavy atom. The number of ketones is 1. The van der Waals surface area contributed by atoms with E-state index in [1.54, 1.807) is 6.07 Å². The third kappa shape index (κ3) is 4.25. The van der Waals surface area contributed by atoms with Crippen LogP contribution < -0.4 is 0 Å². The minimum atomic E-state index is -0.590. The number of fused-ring (bicyclic) bond motifs is 1. The van der Waals surface area contributed by atoms with E-state index in [0.29, 0.717) is 17.7 Å². The zero-order valence-electron chi connectivity index (χ0n) is 17.3. The summed E-state index contributed by atoms with van der Waals surface area (Å²) in [7, 11) is 0. The second kappa shape index (κ2) is 9.01. The van der Waals surface area contributed by atoms with Crippen LogP contribution in [0.5, 0.6) is 0 Å². The van der Waals surface area contributed by atoms with Crippen molar-refractivity contribution in [2.45, 2.75) is 6.54 Å². The molecule has 0 fully saturated rings. The standard InChI is InChI=1S/C26H16N4O3/c27-14-19-6-1-2-7-20(19)16-29-17-22(24-10-3-4-11-25(24)29)12-21(15-28)26(31)18-8-5-9-23(13-18)30(32)33/h1-13,17H,16H2/b21-12+. The van der Waals surface area contributed by atoms with Gasteiger partial charge in [0.05, 0.1) is 16.6 Å². The van der Waals surface area contributed by atoms with Gasteiger partial charge in [-0.3, -0.25) is 14.9 Å². The summed E-state index contributed by atoms with van der Waals surface area (Å²) in [6.07, 6.45) is 3.33. The fourth-order valence-electron chi connectivity index (χ4n) is 3.69. The Morgan fingerprint density at radius 3 is 2.55 bits per heavy atom. The van der Waals surface area contributed by atoms with E-state index in [4.69, 9.17) is 0 Å². The monoisotopic (exact) mass is 432 g/mol. The SMILES string of the molecule is N#C/C(=C\c1cn(Cc2ccccc2C#N)c2ccccc12)C(=O)c1cccc([N+](=O)[O-])c1. The number of benzene rings is 3. The Labute approximate surface area is 189 Å². The average molecular weight is 432 g/mol. The number of nitrogens with zero attached hydrogens (tertiary/aromatic N) is 4. The first kappa shape index (κ1) is 21.2. The van der Waals surface area contributed by atoms with Crippen LogP contribution in [0.15, 0.2) is 84.6 Å². The van der Waals surface area contributed by atoms with Crippen molar-refractivity contribution in [1.29, 1.82) is 10.5 Å². The Morgan fingerprint density at radius 1 is 1.03 bits per heavy atom. The number of carbonyl (C=O) groups is 1. The smallest absolute Gasteiger partial charge is 0.270 e. The molecule has 0 amide bonds. The van der Waals surface area contributed by atoms with Crippen molar-refractivity contribution in [3.05, 3.63) is 117 Å². The Balaban J connectivity index is 1.77. The highest BCUT2D eigenvalue weighted by Gasteiger charge is 2.17. The Bertz CT molecular complexity index is 1520. The van der Waals surface area contributed by atoms with Gasteiger partial charge in [-0.15, -0.1) is 0 Å². The summed E-state index contributed by atoms with van der Waals surface area (Å²) >= 11 is 0. The molecule has 0 atom stereocenters. The number of carbonyl (C=O) groups excluding carboxylic acids is 1. The van der Waals surface area contributed by atoms with Crippen molar-refractivity contribution in [2.75, 3.05) is 0 Å². The van der Waals surface area contributed by atoms with Gasteiger partial charge in [-0.1, -0.05) is 48.5 Å². The molecule has 4 rings (SSSR count). The highest BCUT2D eigenvalue weighted by atomic mass is 16.6.